The molecule has 0 amide bonds. The van der Waals surface area contributed by atoms with Gasteiger partial charge in [-0.25, -0.2) is 4.99 Å². The van der Waals surface area contributed by atoms with E-state index in [1.54, 1.807) is 24.3 Å². The van der Waals surface area contributed by atoms with Crippen molar-refractivity contribution in [1.29, 1.82) is 0 Å². The van der Waals surface area contributed by atoms with E-state index in [4.69, 9.17) is 4.74 Å². The second-order valence-corrected chi connectivity index (χ2v) is 5.56. The molecule has 0 spiro atoms. The number of aliphatic imine (C=N–C) groups is 1. The molecule has 0 N–H and O–H groups in total. The largest absolute Gasteiger partial charge is 0.494 e. The number of fused-ring (bicyclic) bond motifs is 1. The molecule has 0 aromatic heterocycles. The maximum Gasteiger partial charge on any atom is 0.270 e. The molecule has 126 valence electrons. The Balaban J connectivity index is 2.21. The van der Waals surface area contributed by atoms with Crippen LogP contribution in [0.4, 0.5) is 11.4 Å². The standard InChI is InChI=1S/C18H14N2O5/c1-10(21)16-17(19-14-5-3-4-6-15(14)25-2)12-8-7-11(20(23)24)9-13(12)18(16)22/h3-9,16H,1-2H3. The SMILES string of the molecule is COc1ccccc1N=C1c2ccc([N+](=O)[O-])cc2C(=O)C1C(C)=O. The average Bonchev–Trinajstić information content (AvgIpc) is 2.87. The summed E-state index contributed by atoms with van der Waals surface area (Å²) in [6, 6.07) is 10.9. The number of Topliss-reactive ketones (excluding diaryl/α,β-unsaturated/α-hetero) is 2. The molecule has 25 heavy (non-hydrogen) atoms. The summed E-state index contributed by atoms with van der Waals surface area (Å²) in [5, 5.41) is 11.0. The summed E-state index contributed by atoms with van der Waals surface area (Å²) in [6.45, 7) is 1.31. The van der Waals surface area contributed by atoms with E-state index in [-0.39, 0.29) is 22.7 Å². The lowest BCUT2D eigenvalue weighted by molar-refractivity contribution is -0.384. The molecule has 1 aliphatic carbocycles. The number of nitro benzene ring substituents is 1. The summed E-state index contributed by atoms with van der Waals surface area (Å²) in [6.07, 6.45) is 0. The summed E-state index contributed by atoms with van der Waals surface area (Å²) in [5.74, 6) is -1.40. The first-order valence-electron chi connectivity index (χ1n) is 7.49. The van der Waals surface area contributed by atoms with Crippen LogP contribution in [0.5, 0.6) is 5.75 Å². The topological polar surface area (TPSA) is 98.9 Å². The Hall–Kier alpha value is -3.35. The molecule has 1 atom stereocenters. The number of hydrogen-bond donors (Lipinski definition) is 0. The van der Waals surface area contributed by atoms with Gasteiger partial charge in [-0.15, -0.1) is 0 Å². The van der Waals surface area contributed by atoms with Crippen LogP contribution < -0.4 is 4.74 Å². The molecule has 0 saturated carbocycles. The van der Waals surface area contributed by atoms with Crippen LogP contribution in [-0.4, -0.2) is 29.3 Å². The number of hydrogen-bond acceptors (Lipinski definition) is 6. The zero-order valence-corrected chi connectivity index (χ0v) is 13.6. The highest BCUT2D eigenvalue weighted by Gasteiger charge is 2.40. The van der Waals surface area contributed by atoms with Crippen molar-refractivity contribution in [3.05, 3.63) is 63.7 Å². The number of para-hydroxylation sites is 2. The van der Waals surface area contributed by atoms with Crippen molar-refractivity contribution in [3.8, 4) is 5.75 Å². The molecule has 0 bridgehead atoms. The fourth-order valence-electron chi connectivity index (χ4n) is 2.86. The van der Waals surface area contributed by atoms with Gasteiger partial charge in [0.05, 0.1) is 17.7 Å². The summed E-state index contributed by atoms with van der Waals surface area (Å²) < 4.78 is 5.25. The molecule has 3 rings (SSSR count). The van der Waals surface area contributed by atoms with Crippen LogP contribution in [0.3, 0.4) is 0 Å². The molecule has 0 radical (unpaired) electrons. The second kappa shape index (κ2) is 6.27. The lowest BCUT2D eigenvalue weighted by Gasteiger charge is -2.09. The Morgan fingerprint density at radius 2 is 1.92 bits per heavy atom. The molecule has 0 fully saturated rings. The van der Waals surface area contributed by atoms with Crippen LogP contribution in [0.25, 0.3) is 0 Å². The minimum absolute atomic E-state index is 0.142. The minimum atomic E-state index is -1.07. The fourth-order valence-corrected chi connectivity index (χ4v) is 2.86. The van der Waals surface area contributed by atoms with Crippen molar-refractivity contribution >= 4 is 28.7 Å². The third-order valence-electron chi connectivity index (χ3n) is 4.02. The summed E-state index contributed by atoms with van der Waals surface area (Å²) in [4.78, 5) is 39.5. The molecule has 2 aromatic rings. The third kappa shape index (κ3) is 2.80. The number of nitro groups is 1. The zero-order chi connectivity index (χ0) is 18.1. The number of nitrogens with zero attached hydrogens (tertiary/aromatic N) is 2. The molecule has 7 heteroatoms. The van der Waals surface area contributed by atoms with Crippen molar-refractivity contribution in [2.75, 3.05) is 7.11 Å². The Kier molecular flexibility index (Phi) is 4.14. The van der Waals surface area contributed by atoms with E-state index < -0.39 is 16.6 Å². The quantitative estimate of drug-likeness (QED) is 0.484. The van der Waals surface area contributed by atoms with Gasteiger partial charge in [0.1, 0.15) is 23.1 Å². The van der Waals surface area contributed by atoms with Gasteiger partial charge in [0.2, 0.25) is 0 Å². The van der Waals surface area contributed by atoms with Gasteiger partial charge in [0.15, 0.2) is 5.78 Å². The lowest BCUT2D eigenvalue weighted by atomic mass is 9.99. The number of rotatable bonds is 4. The summed E-state index contributed by atoms with van der Waals surface area (Å²) >= 11 is 0. The van der Waals surface area contributed by atoms with E-state index in [9.17, 15) is 19.7 Å². The number of carbonyl (C=O) groups is 2. The van der Waals surface area contributed by atoms with Gasteiger partial charge in [-0.3, -0.25) is 19.7 Å². The monoisotopic (exact) mass is 338 g/mol. The number of non-ortho nitro benzene ring substituents is 1. The Bertz CT molecular complexity index is 933. The number of benzene rings is 2. The first-order valence-corrected chi connectivity index (χ1v) is 7.49. The first kappa shape index (κ1) is 16.5. The molecule has 7 nitrogen and oxygen atoms in total. The van der Waals surface area contributed by atoms with E-state index in [0.717, 1.165) is 0 Å². The first-order chi connectivity index (χ1) is 11.9. The van der Waals surface area contributed by atoms with Gasteiger partial charge in [-0.2, -0.15) is 0 Å². The van der Waals surface area contributed by atoms with E-state index in [1.807, 2.05) is 0 Å². The van der Waals surface area contributed by atoms with Crippen LogP contribution in [0, 0.1) is 16.0 Å². The number of ether oxygens (including phenoxy) is 1. The van der Waals surface area contributed by atoms with Gasteiger partial charge < -0.3 is 4.74 Å². The molecule has 0 heterocycles. The predicted octanol–water partition coefficient (Wildman–Crippen LogP) is 3.13. The lowest BCUT2D eigenvalue weighted by Crippen LogP contribution is -2.23. The summed E-state index contributed by atoms with van der Waals surface area (Å²) in [5.41, 5.74) is 1.13. The second-order valence-electron chi connectivity index (χ2n) is 5.56. The molecule has 1 aliphatic rings. The van der Waals surface area contributed by atoms with Crippen LogP contribution in [0.15, 0.2) is 47.5 Å². The number of ketones is 2. The van der Waals surface area contributed by atoms with Crippen LogP contribution in [0.2, 0.25) is 0 Å². The molecular formula is C18H14N2O5. The third-order valence-corrected chi connectivity index (χ3v) is 4.02. The normalized spacial score (nSPS) is 17.4. The van der Waals surface area contributed by atoms with Crippen molar-refractivity contribution in [2.45, 2.75) is 6.92 Å². The van der Waals surface area contributed by atoms with E-state index in [0.29, 0.717) is 17.0 Å². The van der Waals surface area contributed by atoms with Crippen molar-refractivity contribution in [1.82, 2.24) is 0 Å². The van der Waals surface area contributed by atoms with Gasteiger partial charge in [-0.1, -0.05) is 12.1 Å². The number of carbonyl (C=O) groups excluding carboxylic acids is 2. The smallest absolute Gasteiger partial charge is 0.270 e. The highest BCUT2D eigenvalue weighted by atomic mass is 16.6. The van der Waals surface area contributed by atoms with E-state index >= 15 is 0 Å². The minimum Gasteiger partial charge on any atom is -0.494 e. The molecule has 0 aliphatic heterocycles. The average molecular weight is 338 g/mol. The summed E-state index contributed by atoms with van der Waals surface area (Å²) in [7, 11) is 1.50. The zero-order valence-electron chi connectivity index (χ0n) is 13.6. The number of methoxy groups -OCH3 is 1. The maximum atomic E-state index is 12.6. The Morgan fingerprint density at radius 3 is 2.56 bits per heavy atom. The fraction of sp³-hybridized carbons (Fsp3) is 0.167. The molecular weight excluding hydrogens is 324 g/mol. The van der Waals surface area contributed by atoms with Crippen molar-refractivity contribution < 1.29 is 19.2 Å². The Labute approximate surface area is 143 Å². The van der Waals surface area contributed by atoms with Crippen LogP contribution >= 0.6 is 0 Å². The highest BCUT2D eigenvalue weighted by Crippen LogP contribution is 2.35. The van der Waals surface area contributed by atoms with Crippen molar-refractivity contribution in [2.24, 2.45) is 10.9 Å². The van der Waals surface area contributed by atoms with E-state index in [2.05, 4.69) is 4.99 Å². The molecule has 2 aromatic carbocycles. The Morgan fingerprint density at radius 1 is 1.20 bits per heavy atom. The van der Waals surface area contributed by atoms with Crippen LogP contribution in [-0.2, 0) is 4.79 Å². The predicted molar refractivity (Wildman–Crippen MR) is 90.8 cm³/mol. The highest BCUT2D eigenvalue weighted by molar-refractivity contribution is 6.37. The molecule has 1 unspecified atom stereocenters. The van der Waals surface area contributed by atoms with Gasteiger partial charge >= 0.3 is 0 Å². The van der Waals surface area contributed by atoms with Crippen LogP contribution in [0.1, 0.15) is 22.8 Å². The van der Waals surface area contributed by atoms with Gasteiger partial charge in [0.25, 0.3) is 5.69 Å². The van der Waals surface area contributed by atoms with Crippen molar-refractivity contribution in [3.63, 3.8) is 0 Å². The molecule has 0 saturated heterocycles. The van der Waals surface area contributed by atoms with Gasteiger partial charge in [0, 0.05) is 23.3 Å². The maximum absolute atomic E-state index is 12.6. The van der Waals surface area contributed by atoms with E-state index in [1.165, 1.54) is 32.2 Å². The van der Waals surface area contributed by atoms with Gasteiger partial charge in [-0.05, 0) is 25.1 Å².